The molecule has 1 aliphatic rings. The lowest BCUT2D eigenvalue weighted by atomic mass is 10.1. The zero-order valence-electron chi connectivity index (χ0n) is 25.1. The summed E-state index contributed by atoms with van der Waals surface area (Å²) in [6.07, 6.45) is 4.15. The first-order valence-electron chi connectivity index (χ1n) is 14.2. The molecule has 2 heterocycles. The van der Waals surface area contributed by atoms with Gasteiger partial charge in [0.2, 0.25) is 5.91 Å². The van der Waals surface area contributed by atoms with E-state index in [2.05, 4.69) is 20.6 Å². The normalized spacial score (nSPS) is 16.0. The average molecular weight is 630 g/mol. The number of fused-ring (bicyclic) bond motifs is 1. The van der Waals surface area contributed by atoms with Crippen molar-refractivity contribution in [2.45, 2.75) is 51.9 Å². The molecule has 1 aliphatic heterocycles. The first kappa shape index (κ1) is 33.1. The molecule has 0 unspecified atom stereocenters. The highest BCUT2D eigenvalue weighted by Gasteiger charge is 2.22. The average Bonchev–Trinajstić information content (AvgIpc) is 3.43. The van der Waals surface area contributed by atoms with E-state index < -0.39 is 29.4 Å². The Balaban J connectivity index is 1.55. The number of rotatable bonds is 12. The van der Waals surface area contributed by atoms with Crippen LogP contribution in [-0.4, -0.2) is 82.5 Å². The predicted octanol–water partition coefficient (Wildman–Crippen LogP) is 4.85. The summed E-state index contributed by atoms with van der Waals surface area (Å²) in [5.74, 6) is -0.596. The summed E-state index contributed by atoms with van der Waals surface area (Å²) < 4.78 is 30.7. The molecule has 236 valence electrons. The van der Waals surface area contributed by atoms with Crippen molar-refractivity contribution in [1.82, 2.24) is 14.9 Å². The highest BCUT2D eigenvalue weighted by molar-refractivity contribution is 6.31. The van der Waals surface area contributed by atoms with Gasteiger partial charge >= 0.3 is 5.97 Å². The minimum Gasteiger partial charge on any atom is -0.486 e. The van der Waals surface area contributed by atoms with E-state index in [0.29, 0.717) is 53.5 Å². The number of aromatic nitrogens is 2. The second-order valence-corrected chi connectivity index (χ2v) is 11.9. The van der Waals surface area contributed by atoms with Gasteiger partial charge in [0.15, 0.2) is 0 Å². The largest absolute Gasteiger partial charge is 0.486 e. The number of halogens is 2. The Bertz CT molecular complexity index is 1510. The maximum absolute atomic E-state index is 13.7. The van der Waals surface area contributed by atoms with Crippen LogP contribution in [0.15, 0.2) is 48.8 Å². The van der Waals surface area contributed by atoms with Gasteiger partial charge in [-0.15, -0.1) is 0 Å². The lowest BCUT2D eigenvalue weighted by molar-refractivity contribution is -0.156. The molecule has 0 bridgehead atoms. The van der Waals surface area contributed by atoms with Crippen molar-refractivity contribution in [1.29, 1.82) is 0 Å². The molecule has 0 radical (unpaired) electrons. The van der Waals surface area contributed by atoms with E-state index in [-0.39, 0.29) is 30.8 Å². The molecule has 44 heavy (non-hydrogen) atoms. The van der Waals surface area contributed by atoms with Crippen molar-refractivity contribution in [3.8, 4) is 5.75 Å². The molecular weight excluding hydrogens is 593 g/mol. The van der Waals surface area contributed by atoms with E-state index in [1.807, 2.05) is 0 Å². The summed E-state index contributed by atoms with van der Waals surface area (Å²) in [4.78, 5) is 35.8. The number of carbonyl (C=O) groups excluding carboxylic acids is 2. The van der Waals surface area contributed by atoms with Crippen LogP contribution in [-0.2, 0) is 19.1 Å². The standard InChI is InChI=1S/C31H37ClFN5O6/c1-19(39)15-38(16-29(41)44-31(2,3)4)10-5-6-28(40)37-26-13-22-25(14-27(26)43-21-9-11-42-17-21)34-18-35-30(22)36-20-7-8-24(33)23(32)12-20/h5-8,12-14,18-19,21,39H,9-11,15-17H2,1-4H3,(H,37,40)(H,34,35,36)/t19-,21-/m0/s1. The first-order chi connectivity index (χ1) is 20.9. The quantitative estimate of drug-likeness (QED) is 0.188. The molecule has 2 aromatic carbocycles. The molecule has 13 heteroatoms. The Morgan fingerprint density at radius 3 is 2.75 bits per heavy atom. The van der Waals surface area contributed by atoms with Crippen LogP contribution in [0.4, 0.5) is 21.6 Å². The van der Waals surface area contributed by atoms with Gasteiger partial charge in [-0.2, -0.15) is 0 Å². The molecule has 1 fully saturated rings. The van der Waals surface area contributed by atoms with Crippen molar-refractivity contribution in [3.05, 3.63) is 59.7 Å². The van der Waals surface area contributed by atoms with Crippen molar-refractivity contribution >= 4 is 51.6 Å². The second kappa shape index (κ2) is 14.8. The lowest BCUT2D eigenvalue weighted by Gasteiger charge is -2.25. The number of carbonyl (C=O) groups is 2. The van der Waals surface area contributed by atoms with Gasteiger partial charge in [0.1, 0.15) is 35.4 Å². The van der Waals surface area contributed by atoms with Crippen LogP contribution >= 0.6 is 11.6 Å². The number of hydrogen-bond acceptors (Lipinski definition) is 10. The van der Waals surface area contributed by atoms with Crippen molar-refractivity contribution in [2.75, 3.05) is 43.5 Å². The number of esters is 1. The predicted molar refractivity (Wildman–Crippen MR) is 166 cm³/mol. The molecule has 4 rings (SSSR count). The van der Waals surface area contributed by atoms with Crippen LogP contribution in [0.25, 0.3) is 10.9 Å². The summed E-state index contributed by atoms with van der Waals surface area (Å²) in [5.41, 5.74) is 0.805. The summed E-state index contributed by atoms with van der Waals surface area (Å²) in [6, 6.07) is 7.63. The van der Waals surface area contributed by atoms with E-state index in [1.54, 1.807) is 50.8 Å². The van der Waals surface area contributed by atoms with Gasteiger partial charge < -0.3 is 30.0 Å². The number of benzene rings is 2. The Morgan fingerprint density at radius 1 is 1.27 bits per heavy atom. The number of aliphatic hydroxyl groups excluding tert-OH is 1. The van der Waals surface area contributed by atoms with E-state index >= 15 is 0 Å². The van der Waals surface area contributed by atoms with Gasteiger partial charge in [-0.25, -0.2) is 14.4 Å². The number of nitrogens with one attached hydrogen (secondary N) is 2. The van der Waals surface area contributed by atoms with E-state index in [1.165, 1.54) is 30.6 Å². The molecule has 0 spiro atoms. The number of aliphatic hydroxyl groups is 1. The van der Waals surface area contributed by atoms with Gasteiger partial charge in [-0.1, -0.05) is 17.7 Å². The van der Waals surface area contributed by atoms with Gasteiger partial charge in [-0.05, 0) is 52.0 Å². The lowest BCUT2D eigenvalue weighted by Crippen LogP contribution is -2.38. The van der Waals surface area contributed by atoms with Gasteiger partial charge in [0.25, 0.3) is 0 Å². The van der Waals surface area contributed by atoms with Crippen molar-refractivity contribution in [2.24, 2.45) is 0 Å². The highest BCUT2D eigenvalue weighted by atomic mass is 35.5. The molecule has 0 saturated carbocycles. The van der Waals surface area contributed by atoms with Crippen LogP contribution in [0.5, 0.6) is 5.75 Å². The number of nitrogens with zero attached hydrogens (tertiary/aromatic N) is 3. The Kier molecular flexibility index (Phi) is 11.1. The molecule has 3 aromatic rings. The molecule has 0 aliphatic carbocycles. The molecular formula is C31H37ClFN5O6. The fourth-order valence-electron chi connectivity index (χ4n) is 4.49. The topological polar surface area (TPSA) is 135 Å². The van der Waals surface area contributed by atoms with Gasteiger partial charge in [0.05, 0.1) is 42.1 Å². The van der Waals surface area contributed by atoms with Gasteiger partial charge in [0, 0.05) is 42.7 Å². The van der Waals surface area contributed by atoms with Gasteiger partial charge in [-0.3, -0.25) is 14.5 Å². The molecule has 1 amide bonds. The van der Waals surface area contributed by atoms with E-state index in [4.69, 9.17) is 25.8 Å². The molecule has 2 atom stereocenters. The number of anilines is 3. The molecule has 11 nitrogen and oxygen atoms in total. The number of hydrogen-bond donors (Lipinski definition) is 3. The fraction of sp³-hybridized carbons (Fsp3) is 0.419. The molecule has 1 aromatic heterocycles. The zero-order chi connectivity index (χ0) is 31.9. The summed E-state index contributed by atoms with van der Waals surface area (Å²) >= 11 is 5.95. The molecule has 3 N–H and O–H groups in total. The Labute approximate surface area is 260 Å². The van der Waals surface area contributed by atoms with Crippen LogP contribution in [0, 0.1) is 5.82 Å². The third-order valence-corrected chi connectivity index (χ3v) is 6.58. The maximum Gasteiger partial charge on any atom is 0.320 e. The third-order valence-electron chi connectivity index (χ3n) is 6.29. The summed E-state index contributed by atoms with van der Waals surface area (Å²) in [6.45, 7) is 8.34. The minimum absolute atomic E-state index is 0.0410. The third kappa shape index (κ3) is 9.84. The van der Waals surface area contributed by atoms with Crippen LogP contribution in [0.3, 0.4) is 0 Å². The van der Waals surface area contributed by atoms with Crippen molar-refractivity contribution in [3.63, 3.8) is 0 Å². The van der Waals surface area contributed by atoms with Crippen molar-refractivity contribution < 1.29 is 33.3 Å². The maximum atomic E-state index is 13.7. The van der Waals surface area contributed by atoms with E-state index in [0.717, 1.165) is 0 Å². The van der Waals surface area contributed by atoms with Crippen LogP contribution in [0.1, 0.15) is 34.1 Å². The smallest absolute Gasteiger partial charge is 0.320 e. The summed E-state index contributed by atoms with van der Waals surface area (Å²) in [7, 11) is 0. The monoisotopic (exact) mass is 629 g/mol. The number of ether oxygens (including phenoxy) is 3. The summed E-state index contributed by atoms with van der Waals surface area (Å²) in [5, 5.41) is 16.4. The first-order valence-corrected chi connectivity index (χ1v) is 14.6. The Hall–Kier alpha value is -3.84. The Morgan fingerprint density at radius 2 is 2.07 bits per heavy atom. The number of amides is 1. The van der Waals surface area contributed by atoms with Crippen LogP contribution in [0.2, 0.25) is 5.02 Å². The highest BCUT2D eigenvalue weighted by Crippen LogP contribution is 2.35. The molecule has 1 saturated heterocycles. The fourth-order valence-corrected chi connectivity index (χ4v) is 4.67. The minimum atomic E-state index is -0.688. The van der Waals surface area contributed by atoms with E-state index in [9.17, 15) is 19.1 Å². The zero-order valence-corrected chi connectivity index (χ0v) is 25.9. The second-order valence-electron chi connectivity index (χ2n) is 11.5. The SMILES string of the molecule is C[C@H](O)CN(CC=CC(=O)Nc1cc2c(Nc3ccc(F)c(Cl)c3)ncnc2cc1O[C@H]1CCOC1)CC(=O)OC(C)(C)C. The van der Waals surface area contributed by atoms with Crippen LogP contribution < -0.4 is 15.4 Å².